The Morgan fingerprint density at radius 1 is 1.26 bits per heavy atom. The molecule has 0 aliphatic carbocycles. The number of fused-ring (bicyclic) bond motifs is 1. The van der Waals surface area contributed by atoms with E-state index in [9.17, 15) is 0 Å². The molecule has 0 aromatic carbocycles. The highest BCUT2D eigenvalue weighted by atomic mass is 32.1. The van der Waals surface area contributed by atoms with Crippen LogP contribution in [0.1, 0.15) is 28.5 Å². The second-order valence-electron chi connectivity index (χ2n) is 4.36. The number of hydrogen-bond acceptors (Lipinski definition) is 6. The zero-order chi connectivity index (χ0) is 13.4. The summed E-state index contributed by atoms with van der Waals surface area (Å²) in [4.78, 5) is 21.3. The van der Waals surface area contributed by atoms with Crippen molar-refractivity contribution in [2.45, 2.75) is 26.8 Å². The summed E-state index contributed by atoms with van der Waals surface area (Å²) in [6.07, 6.45) is 3.13. The van der Waals surface area contributed by atoms with Gasteiger partial charge in [-0.15, -0.1) is 11.3 Å². The van der Waals surface area contributed by atoms with E-state index in [2.05, 4.69) is 44.1 Å². The minimum atomic E-state index is 0.0892. The molecule has 0 unspecified atom stereocenters. The van der Waals surface area contributed by atoms with E-state index in [0.717, 1.165) is 22.0 Å². The molecule has 3 heterocycles. The van der Waals surface area contributed by atoms with Crippen molar-refractivity contribution in [3.63, 3.8) is 0 Å². The third-order valence-electron chi connectivity index (χ3n) is 2.93. The molecule has 19 heavy (non-hydrogen) atoms. The number of rotatable bonds is 3. The van der Waals surface area contributed by atoms with Crippen LogP contribution in [0.4, 0.5) is 5.82 Å². The number of aryl methyl sites for hydroxylation is 2. The monoisotopic (exact) mass is 274 g/mol. The van der Waals surface area contributed by atoms with E-state index >= 15 is 0 Å². The van der Waals surface area contributed by atoms with E-state index in [-0.39, 0.29) is 6.04 Å². The first kappa shape index (κ1) is 12.0. The van der Waals surface area contributed by atoms with E-state index in [1.54, 1.807) is 17.7 Å². The molecule has 3 rings (SSSR count). The van der Waals surface area contributed by atoms with Crippen LogP contribution in [0.15, 0.2) is 12.7 Å². The molecule has 0 bridgehead atoms. The van der Waals surface area contributed by atoms with Crippen molar-refractivity contribution in [3.05, 3.63) is 28.2 Å². The van der Waals surface area contributed by atoms with Crippen LogP contribution in [-0.2, 0) is 0 Å². The Morgan fingerprint density at radius 3 is 2.84 bits per heavy atom. The molecule has 6 nitrogen and oxygen atoms in total. The zero-order valence-electron chi connectivity index (χ0n) is 10.9. The number of nitrogens with zero attached hydrogens (tertiary/aromatic N) is 4. The molecule has 7 heteroatoms. The largest absolute Gasteiger partial charge is 0.360 e. The number of H-pyrrole nitrogens is 1. The SMILES string of the molecule is Cc1nc([C@H](C)Nc2ncnc3nc[nH]c23)c(C)s1. The van der Waals surface area contributed by atoms with Crippen LogP contribution in [0, 0.1) is 13.8 Å². The lowest BCUT2D eigenvalue weighted by Gasteiger charge is -2.13. The standard InChI is InChI=1S/C12H14N6S/c1-6(9-7(2)19-8(3)18-9)17-12-10-11(14-4-13-10)15-5-16-12/h4-6H,1-3H3,(H2,13,14,15,16,17)/t6-/m0/s1. The van der Waals surface area contributed by atoms with Crippen LogP contribution in [0.25, 0.3) is 11.2 Å². The van der Waals surface area contributed by atoms with Crippen LogP contribution in [0.5, 0.6) is 0 Å². The summed E-state index contributed by atoms with van der Waals surface area (Å²) in [6, 6.07) is 0.0892. The average Bonchev–Trinajstić information content (AvgIpc) is 2.96. The van der Waals surface area contributed by atoms with Crippen molar-refractivity contribution in [1.82, 2.24) is 24.9 Å². The molecule has 2 N–H and O–H groups in total. The van der Waals surface area contributed by atoms with Gasteiger partial charge in [-0.25, -0.2) is 19.9 Å². The Balaban J connectivity index is 1.92. The molecule has 0 spiro atoms. The van der Waals surface area contributed by atoms with Gasteiger partial charge >= 0.3 is 0 Å². The summed E-state index contributed by atoms with van der Waals surface area (Å²) in [5, 5.41) is 4.44. The van der Waals surface area contributed by atoms with Gasteiger partial charge in [0.1, 0.15) is 11.8 Å². The van der Waals surface area contributed by atoms with Crippen molar-refractivity contribution < 1.29 is 0 Å². The lowest BCUT2D eigenvalue weighted by Crippen LogP contribution is -2.10. The van der Waals surface area contributed by atoms with Crippen LogP contribution in [0.3, 0.4) is 0 Å². The highest BCUT2D eigenvalue weighted by Gasteiger charge is 2.15. The van der Waals surface area contributed by atoms with Gasteiger partial charge in [0.15, 0.2) is 11.5 Å². The molecule has 0 saturated carbocycles. The van der Waals surface area contributed by atoms with E-state index in [0.29, 0.717) is 5.65 Å². The smallest absolute Gasteiger partial charge is 0.182 e. The van der Waals surface area contributed by atoms with E-state index in [1.807, 2.05) is 6.92 Å². The second kappa shape index (κ2) is 4.58. The Morgan fingerprint density at radius 2 is 2.11 bits per heavy atom. The van der Waals surface area contributed by atoms with Crippen LogP contribution in [0.2, 0.25) is 0 Å². The predicted octanol–water partition coefficient (Wildman–Crippen LogP) is 2.60. The van der Waals surface area contributed by atoms with Crippen molar-refractivity contribution in [1.29, 1.82) is 0 Å². The van der Waals surface area contributed by atoms with Crippen LogP contribution >= 0.6 is 11.3 Å². The summed E-state index contributed by atoms with van der Waals surface area (Å²) in [7, 11) is 0. The first-order valence-corrected chi connectivity index (χ1v) is 6.81. The predicted molar refractivity (Wildman–Crippen MR) is 75.3 cm³/mol. The maximum atomic E-state index is 4.56. The van der Waals surface area contributed by atoms with Gasteiger partial charge in [0.05, 0.1) is 23.1 Å². The highest BCUT2D eigenvalue weighted by molar-refractivity contribution is 7.11. The van der Waals surface area contributed by atoms with Crippen molar-refractivity contribution in [3.8, 4) is 0 Å². The van der Waals surface area contributed by atoms with Gasteiger partial charge < -0.3 is 10.3 Å². The minimum absolute atomic E-state index is 0.0892. The third-order valence-corrected chi connectivity index (χ3v) is 3.83. The Labute approximate surface area is 114 Å². The fourth-order valence-electron chi connectivity index (χ4n) is 2.09. The Bertz CT molecular complexity index is 716. The topological polar surface area (TPSA) is 79.4 Å². The zero-order valence-corrected chi connectivity index (χ0v) is 11.7. The van der Waals surface area contributed by atoms with Gasteiger partial charge in [-0.1, -0.05) is 0 Å². The summed E-state index contributed by atoms with van der Waals surface area (Å²) in [6.45, 7) is 6.18. The number of hydrogen-bond donors (Lipinski definition) is 2. The molecule has 3 aromatic rings. The summed E-state index contributed by atoms with van der Waals surface area (Å²) in [5.41, 5.74) is 2.55. The fourth-order valence-corrected chi connectivity index (χ4v) is 3.01. The molecule has 0 saturated heterocycles. The third kappa shape index (κ3) is 2.17. The molecule has 0 aliphatic heterocycles. The van der Waals surface area contributed by atoms with E-state index in [4.69, 9.17) is 0 Å². The highest BCUT2D eigenvalue weighted by Crippen LogP contribution is 2.26. The molecule has 0 radical (unpaired) electrons. The molecular formula is C12H14N6S. The number of anilines is 1. The number of imidazole rings is 1. The Kier molecular flexibility index (Phi) is 2.90. The molecule has 1 atom stereocenters. The number of aromatic nitrogens is 5. The molecular weight excluding hydrogens is 260 g/mol. The maximum absolute atomic E-state index is 4.56. The average molecular weight is 274 g/mol. The molecule has 0 aliphatic rings. The number of nitrogens with one attached hydrogen (secondary N) is 2. The first-order valence-electron chi connectivity index (χ1n) is 5.99. The summed E-state index contributed by atoms with van der Waals surface area (Å²) < 4.78 is 0. The van der Waals surface area contributed by atoms with Crippen LogP contribution in [-0.4, -0.2) is 24.9 Å². The summed E-state index contributed by atoms with van der Waals surface area (Å²) in [5.74, 6) is 0.750. The maximum Gasteiger partial charge on any atom is 0.182 e. The fraction of sp³-hybridized carbons (Fsp3) is 0.333. The van der Waals surface area contributed by atoms with E-state index in [1.165, 1.54) is 11.2 Å². The van der Waals surface area contributed by atoms with Crippen molar-refractivity contribution >= 4 is 28.3 Å². The Hall–Kier alpha value is -2.02. The normalized spacial score (nSPS) is 12.8. The summed E-state index contributed by atoms with van der Waals surface area (Å²) >= 11 is 1.71. The first-order chi connectivity index (χ1) is 9.15. The minimum Gasteiger partial charge on any atom is -0.360 e. The molecule has 0 amide bonds. The van der Waals surface area contributed by atoms with Gasteiger partial charge in [0.25, 0.3) is 0 Å². The van der Waals surface area contributed by atoms with Crippen LogP contribution < -0.4 is 5.32 Å². The number of thiazole rings is 1. The van der Waals surface area contributed by atoms with Gasteiger partial charge in [-0.3, -0.25) is 0 Å². The molecule has 3 aromatic heterocycles. The van der Waals surface area contributed by atoms with Crippen molar-refractivity contribution in [2.24, 2.45) is 0 Å². The van der Waals surface area contributed by atoms with Gasteiger partial charge in [0.2, 0.25) is 0 Å². The molecule has 98 valence electrons. The second-order valence-corrected chi connectivity index (χ2v) is 5.77. The van der Waals surface area contributed by atoms with Gasteiger partial charge in [-0.2, -0.15) is 0 Å². The lowest BCUT2D eigenvalue weighted by atomic mass is 10.2. The lowest BCUT2D eigenvalue weighted by molar-refractivity contribution is 0.830. The van der Waals surface area contributed by atoms with Gasteiger partial charge in [-0.05, 0) is 20.8 Å². The van der Waals surface area contributed by atoms with Gasteiger partial charge in [0, 0.05) is 4.88 Å². The van der Waals surface area contributed by atoms with E-state index < -0.39 is 0 Å². The quantitative estimate of drug-likeness (QED) is 0.767. The molecule has 0 fully saturated rings. The van der Waals surface area contributed by atoms with Crippen molar-refractivity contribution in [2.75, 3.05) is 5.32 Å². The number of aromatic amines is 1.